The van der Waals surface area contributed by atoms with Crippen LogP contribution in [0, 0.1) is 10.1 Å². The SMILES string of the molecule is CC(=NNC(=O)Cn1cc([N+](=O)[O-])cn1)c1ccc(OCc2ccccc2)cc1. The van der Waals surface area contributed by atoms with Gasteiger partial charge in [0.25, 0.3) is 5.91 Å². The molecule has 29 heavy (non-hydrogen) atoms. The van der Waals surface area contributed by atoms with E-state index in [-0.39, 0.29) is 12.2 Å². The number of nitro groups is 1. The van der Waals surface area contributed by atoms with E-state index in [1.54, 1.807) is 6.92 Å². The fourth-order valence-corrected chi connectivity index (χ4v) is 2.46. The minimum atomic E-state index is -0.572. The largest absolute Gasteiger partial charge is 0.489 e. The van der Waals surface area contributed by atoms with Gasteiger partial charge in [-0.2, -0.15) is 10.2 Å². The topological polar surface area (TPSA) is 112 Å². The van der Waals surface area contributed by atoms with Crippen molar-refractivity contribution < 1.29 is 14.5 Å². The lowest BCUT2D eigenvalue weighted by molar-refractivity contribution is -0.385. The number of amides is 1. The van der Waals surface area contributed by atoms with Gasteiger partial charge in [-0.15, -0.1) is 0 Å². The van der Waals surface area contributed by atoms with Gasteiger partial charge in [-0.25, -0.2) is 5.43 Å². The van der Waals surface area contributed by atoms with Gasteiger partial charge in [-0.05, 0) is 42.3 Å². The van der Waals surface area contributed by atoms with Crippen molar-refractivity contribution in [1.82, 2.24) is 15.2 Å². The molecule has 0 unspecified atom stereocenters. The number of carbonyl (C=O) groups excluding carboxylic acids is 1. The zero-order valence-corrected chi connectivity index (χ0v) is 15.7. The standard InChI is InChI=1S/C20H19N5O4/c1-15(22-23-20(26)13-24-12-18(11-21-24)25(27)28)17-7-9-19(10-8-17)29-14-16-5-3-2-4-6-16/h2-12H,13-14H2,1H3,(H,23,26). The Bertz CT molecular complexity index is 1010. The summed E-state index contributed by atoms with van der Waals surface area (Å²) in [5.74, 6) is 0.292. The van der Waals surface area contributed by atoms with Gasteiger partial charge in [-0.3, -0.25) is 19.6 Å². The van der Waals surface area contributed by atoms with Crippen molar-refractivity contribution in [3.63, 3.8) is 0 Å². The first-order valence-electron chi connectivity index (χ1n) is 8.78. The van der Waals surface area contributed by atoms with E-state index in [1.165, 1.54) is 10.9 Å². The maximum atomic E-state index is 11.9. The summed E-state index contributed by atoms with van der Waals surface area (Å²) in [5, 5.41) is 18.5. The molecule has 0 aliphatic rings. The number of benzene rings is 2. The minimum absolute atomic E-state index is 0.170. The van der Waals surface area contributed by atoms with Crippen molar-refractivity contribution in [2.24, 2.45) is 5.10 Å². The normalized spacial score (nSPS) is 11.1. The number of hydrogen-bond donors (Lipinski definition) is 1. The number of nitrogens with zero attached hydrogens (tertiary/aromatic N) is 4. The Morgan fingerprint density at radius 3 is 2.59 bits per heavy atom. The molecule has 0 aliphatic heterocycles. The monoisotopic (exact) mass is 393 g/mol. The van der Waals surface area contributed by atoms with E-state index in [4.69, 9.17) is 4.74 Å². The first-order chi connectivity index (χ1) is 14.0. The summed E-state index contributed by atoms with van der Waals surface area (Å²) in [7, 11) is 0. The van der Waals surface area contributed by atoms with Gasteiger partial charge in [-0.1, -0.05) is 30.3 Å². The Kier molecular flexibility index (Phi) is 6.31. The molecule has 3 aromatic rings. The molecule has 0 atom stereocenters. The highest BCUT2D eigenvalue weighted by atomic mass is 16.6. The van der Waals surface area contributed by atoms with Crippen LogP contribution in [0.4, 0.5) is 5.69 Å². The highest BCUT2D eigenvalue weighted by Crippen LogP contribution is 2.15. The smallest absolute Gasteiger partial charge is 0.307 e. The van der Waals surface area contributed by atoms with Crippen LogP contribution in [0.25, 0.3) is 0 Å². The van der Waals surface area contributed by atoms with Crippen LogP contribution in [-0.4, -0.2) is 26.3 Å². The van der Waals surface area contributed by atoms with Gasteiger partial charge in [0.05, 0.1) is 10.6 Å². The molecule has 0 bridgehead atoms. The molecule has 0 aliphatic carbocycles. The summed E-state index contributed by atoms with van der Waals surface area (Å²) in [4.78, 5) is 22.0. The predicted octanol–water partition coefficient (Wildman–Crippen LogP) is 2.91. The molecule has 0 radical (unpaired) electrons. The van der Waals surface area contributed by atoms with Crippen molar-refractivity contribution in [2.75, 3.05) is 0 Å². The van der Waals surface area contributed by atoms with Crippen molar-refractivity contribution in [3.05, 3.63) is 88.2 Å². The van der Waals surface area contributed by atoms with Crippen LogP contribution in [0.3, 0.4) is 0 Å². The molecule has 1 aromatic heterocycles. The fourth-order valence-electron chi connectivity index (χ4n) is 2.46. The highest BCUT2D eigenvalue weighted by Gasteiger charge is 2.11. The second kappa shape index (κ2) is 9.27. The maximum Gasteiger partial charge on any atom is 0.307 e. The molecule has 9 nitrogen and oxygen atoms in total. The molecule has 1 N–H and O–H groups in total. The van der Waals surface area contributed by atoms with E-state index >= 15 is 0 Å². The molecule has 1 heterocycles. The second-order valence-corrected chi connectivity index (χ2v) is 6.18. The van der Waals surface area contributed by atoms with E-state index in [0.717, 1.165) is 23.1 Å². The average molecular weight is 393 g/mol. The van der Waals surface area contributed by atoms with Crippen molar-refractivity contribution in [3.8, 4) is 5.75 Å². The van der Waals surface area contributed by atoms with Gasteiger partial charge in [0.15, 0.2) is 0 Å². The van der Waals surface area contributed by atoms with E-state index in [0.29, 0.717) is 12.3 Å². The van der Waals surface area contributed by atoms with E-state index in [9.17, 15) is 14.9 Å². The highest BCUT2D eigenvalue weighted by molar-refractivity contribution is 5.99. The van der Waals surface area contributed by atoms with Crippen LogP contribution in [0.15, 0.2) is 72.1 Å². The Balaban J connectivity index is 1.52. The first kappa shape index (κ1) is 19.7. The van der Waals surface area contributed by atoms with Gasteiger partial charge >= 0.3 is 5.69 Å². The summed E-state index contributed by atoms with van der Waals surface area (Å²) >= 11 is 0. The third-order valence-corrected chi connectivity index (χ3v) is 4.00. The molecule has 3 rings (SSSR count). The number of ether oxygens (including phenoxy) is 1. The summed E-state index contributed by atoms with van der Waals surface area (Å²) in [6, 6.07) is 17.2. The van der Waals surface area contributed by atoms with E-state index in [2.05, 4.69) is 15.6 Å². The molecular formula is C20H19N5O4. The van der Waals surface area contributed by atoms with Gasteiger partial charge in [0, 0.05) is 0 Å². The number of hydrogen-bond acceptors (Lipinski definition) is 6. The molecule has 0 saturated heterocycles. The second-order valence-electron chi connectivity index (χ2n) is 6.18. The summed E-state index contributed by atoms with van der Waals surface area (Å²) < 4.78 is 6.92. The molecule has 148 valence electrons. The summed E-state index contributed by atoms with van der Waals surface area (Å²) in [5.41, 5.74) is 4.76. The number of nitrogens with one attached hydrogen (secondary N) is 1. The van der Waals surface area contributed by atoms with Crippen molar-refractivity contribution in [2.45, 2.75) is 20.1 Å². The molecular weight excluding hydrogens is 374 g/mol. The predicted molar refractivity (Wildman–Crippen MR) is 106 cm³/mol. The zero-order valence-electron chi connectivity index (χ0n) is 15.7. The Morgan fingerprint density at radius 1 is 1.21 bits per heavy atom. The number of hydrazone groups is 1. The Hall–Kier alpha value is -4.01. The molecule has 0 spiro atoms. The molecule has 0 fully saturated rings. The Morgan fingerprint density at radius 2 is 1.93 bits per heavy atom. The van der Waals surface area contributed by atoms with Crippen LogP contribution in [0.1, 0.15) is 18.1 Å². The molecule has 2 aromatic carbocycles. The number of aromatic nitrogens is 2. The third-order valence-electron chi connectivity index (χ3n) is 4.00. The van der Waals surface area contributed by atoms with Crippen molar-refractivity contribution in [1.29, 1.82) is 0 Å². The fraction of sp³-hybridized carbons (Fsp3) is 0.150. The minimum Gasteiger partial charge on any atom is -0.489 e. The maximum absolute atomic E-state index is 11.9. The average Bonchev–Trinajstić information content (AvgIpc) is 3.20. The van der Waals surface area contributed by atoms with Crippen LogP contribution >= 0.6 is 0 Å². The lowest BCUT2D eigenvalue weighted by Gasteiger charge is -2.07. The van der Waals surface area contributed by atoms with Crippen molar-refractivity contribution >= 4 is 17.3 Å². The van der Waals surface area contributed by atoms with Crippen LogP contribution < -0.4 is 10.2 Å². The molecule has 0 saturated carbocycles. The Labute approximate surface area is 166 Å². The van der Waals surface area contributed by atoms with E-state index in [1.807, 2.05) is 54.6 Å². The summed E-state index contributed by atoms with van der Waals surface area (Å²) in [6.07, 6.45) is 2.27. The molecule has 1 amide bonds. The van der Waals surface area contributed by atoms with Gasteiger partial charge in [0.1, 0.15) is 31.3 Å². The first-order valence-corrected chi connectivity index (χ1v) is 8.78. The van der Waals surface area contributed by atoms with Crippen LogP contribution in [0.2, 0.25) is 0 Å². The van der Waals surface area contributed by atoms with Gasteiger partial charge in [0.2, 0.25) is 0 Å². The van der Waals surface area contributed by atoms with Crippen LogP contribution in [0.5, 0.6) is 5.75 Å². The quantitative estimate of drug-likeness (QED) is 0.359. The summed E-state index contributed by atoms with van der Waals surface area (Å²) in [6.45, 7) is 2.07. The lowest BCUT2D eigenvalue weighted by atomic mass is 10.1. The number of carbonyl (C=O) groups is 1. The number of rotatable bonds is 8. The molecule has 9 heteroatoms. The van der Waals surface area contributed by atoms with E-state index < -0.39 is 10.8 Å². The van der Waals surface area contributed by atoms with Gasteiger partial charge < -0.3 is 4.74 Å². The lowest BCUT2D eigenvalue weighted by Crippen LogP contribution is -2.24. The van der Waals surface area contributed by atoms with Crippen LogP contribution in [-0.2, 0) is 17.9 Å². The third kappa shape index (κ3) is 5.73. The zero-order chi connectivity index (χ0) is 20.6.